The lowest BCUT2D eigenvalue weighted by Crippen LogP contribution is -2.36. The minimum Gasteiger partial charge on any atom is -0.440 e. The fraction of sp³-hybridized carbons (Fsp3) is 0.353. The molecule has 2 heterocycles. The van der Waals surface area contributed by atoms with Crippen molar-refractivity contribution in [1.29, 1.82) is 0 Å². The van der Waals surface area contributed by atoms with E-state index in [0.29, 0.717) is 6.54 Å². The van der Waals surface area contributed by atoms with Gasteiger partial charge in [-0.15, -0.1) is 0 Å². The number of benzene rings is 1. The van der Waals surface area contributed by atoms with E-state index in [4.69, 9.17) is 16.0 Å². The Morgan fingerprint density at radius 1 is 1.18 bits per heavy atom. The zero-order valence-corrected chi connectivity index (χ0v) is 13.1. The third-order valence-corrected chi connectivity index (χ3v) is 4.22. The van der Waals surface area contributed by atoms with Gasteiger partial charge < -0.3 is 9.73 Å². The van der Waals surface area contributed by atoms with Crippen molar-refractivity contribution < 1.29 is 9.21 Å². The Bertz CT molecular complexity index is 621. The van der Waals surface area contributed by atoms with Crippen molar-refractivity contribution in [3.05, 3.63) is 59.0 Å². The lowest BCUT2D eigenvalue weighted by Gasteiger charge is -2.28. The van der Waals surface area contributed by atoms with Crippen molar-refractivity contribution in [1.82, 2.24) is 10.2 Å². The van der Waals surface area contributed by atoms with Crippen LogP contribution in [0.5, 0.6) is 0 Å². The van der Waals surface area contributed by atoms with Gasteiger partial charge in [0.25, 0.3) is 5.91 Å². The van der Waals surface area contributed by atoms with Gasteiger partial charge in [-0.25, -0.2) is 0 Å². The summed E-state index contributed by atoms with van der Waals surface area (Å²) in [7, 11) is 0. The number of halogens is 1. The Balaban J connectivity index is 1.69. The van der Waals surface area contributed by atoms with Gasteiger partial charge in [0.1, 0.15) is 0 Å². The lowest BCUT2D eigenvalue weighted by atomic mass is 10.1. The summed E-state index contributed by atoms with van der Waals surface area (Å²) in [6, 6.07) is 13.7. The van der Waals surface area contributed by atoms with Crippen LogP contribution in [0.1, 0.15) is 35.0 Å². The van der Waals surface area contributed by atoms with Gasteiger partial charge in [0.2, 0.25) is 0 Å². The molecule has 1 aliphatic heterocycles. The quantitative estimate of drug-likeness (QED) is 0.917. The van der Waals surface area contributed by atoms with Gasteiger partial charge in [0.05, 0.1) is 6.04 Å². The minimum absolute atomic E-state index is 0.193. The summed E-state index contributed by atoms with van der Waals surface area (Å²) in [6.45, 7) is 2.70. The first-order valence-electron chi connectivity index (χ1n) is 7.56. The molecule has 1 aliphatic rings. The van der Waals surface area contributed by atoms with Crippen LogP contribution in [0.4, 0.5) is 0 Å². The standard InChI is InChI=1S/C17H19ClN2O2/c18-16-9-8-15(22-16)17(21)19-12-14(20-10-4-5-11-20)13-6-2-1-3-7-13/h1-3,6-9,14H,4-5,10-12H2,(H,19,21)/t14-/m0/s1. The molecule has 1 atom stereocenters. The molecule has 4 nitrogen and oxygen atoms in total. The Hall–Kier alpha value is -1.78. The molecule has 3 rings (SSSR count). The molecule has 0 unspecified atom stereocenters. The molecular weight excluding hydrogens is 300 g/mol. The number of carbonyl (C=O) groups is 1. The fourth-order valence-corrected chi connectivity index (χ4v) is 3.05. The summed E-state index contributed by atoms with van der Waals surface area (Å²) in [6.07, 6.45) is 2.43. The maximum atomic E-state index is 12.1. The van der Waals surface area contributed by atoms with Crippen molar-refractivity contribution >= 4 is 17.5 Å². The zero-order chi connectivity index (χ0) is 15.4. The molecule has 1 aromatic heterocycles. The number of likely N-dealkylation sites (tertiary alicyclic amines) is 1. The maximum absolute atomic E-state index is 12.1. The number of nitrogens with one attached hydrogen (secondary N) is 1. The van der Waals surface area contributed by atoms with Crippen LogP contribution in [-0.4, -0.2) is 30.4 Å². The SMILES string of the molecule is O=C(NC[C@@H](c1ccccc1)N1CCCC1)c1ccc(Cl)o1. The second kappa shape index (κ2) is 6.99. The molecule has 116 valence electrons. The number of hydrogen-bond donors (Lipinski definition) is 1. The molecule has 1 N–H and O–H groups in total. The van der Waals surface area contributed by atoms with E-state index in [1.807, 2.05) is 18.2 Å². The van der Waals surface area contributed by atoms with Gasteiger partial charge in [-0.2, -0.15) is 0 Å². The van der Waals surface area contributed by atoms with Crippen molar-refractivity contribution in [2.45, 2.75) is 18.9 Å². The minimum atomic E-state index is -0.230. The molecule has 0 radical (unpaired) electrons. The normalized spacial score (nSPS) is 16.6. The highest BCUT2D eigenvalue weighted by molar-refractivity contribution is 6.29. The summed E-state index contributed by atoms with van der Waals surface area (Å²) in [5, 5.41) is 3.18. The van der Waals surface area contributed by atoms with E-state index in [-0.39, 0.29) is 22.9 Å². The van der Waals surface area contributed by atoms with E-state index in [1.165, 1.54) is 18.4 Å². The van der Waals surface area contributed by atoms with Crippen LogP contribution in [0, 0.1) is 0 Å². The van der Waals surface area contributed by atoms with Crippen molar-refractivity contribution in [3.63, 3.8) is 0 Å². The number of furan rings is 1. The van der Waals surface area contributed by atoms with Gasteiger partial charge in [0.15, 0.2) is 11.0 Å². The Morgan fingerprint density at radius 2 is 1.91 bits per heavy atom. The van der Waals surface area contributed by atoms with Crippen molar-refractivity contribution in [2.24, 2.45) is 0 Å². The fourth-order valence-electron chi connectivity index (χ4n) is 2.90. The predicted octanol–water partition coefficient (Wildman–Crippen LogP) is 3.50. The summed E-state index contributed by atoms with van der Waals surface area (Å²) < 4.78 is 5.15. The topological polar surface area (TPSA) is 45.5 Å². The lowest BCUT2D eigenvalue weighted by molar-refractivity contribution is 0.0910. The third kappa shape index (κ3) is 3.51. The monoisotopic (exact) mass is 318 g/mol. The highest BCUT2D eigenvalue weighted by Crippen LogP contribution is 2.24. The predicted molar refractivity (Wildman–Crippen MR) is 86.0 cm³/mol. The zero-order valence-electron chi connectivity index (χ0n) is 12.3. The second-order valence-corrected chi connectivity index (χ2v) is 5.86. The van der Waals surface area contributed by atoms with Crippen LogP contribution in [0.15, 0.2) is 46.9 Å². The Labute approximate surface area is 135 Å². The summed E-state index contributed by atoms with van der Waals surface area (Å²) in [5.41, 5.74) is 1.22. The van der Waals surface area contributed by atoms with Crippen LogP contribution in [0.3, 0.4) is 0 Å². The van der Waals surface area contributed by atoms with Gasteiger partial charge in [-0.1, -0.05) is 30.3 Å². The van der Waals surface area contributed by atoms with Gasteiger partial charge in [-0.3, -0.25) is 9.69 Å². The Kier molecular flexibility index (Phi) is 4.80. The molecule has 1 aromatic carbocycles. The number of carbonyl (C=O) groups excluding carboxylic acids is 1. The molecule has 22 heavy (non-hydrogen) atoms. The molecule has 1 amide bonds. The van der Waals surface area contributed by atoms with E-state index < -0.39 is 0 Å². The molecule has 0 saturated carbocycles. The van der Waals surface area contributed by atoms with Crippen LogP contribution in [0.25, 0.3) is 0 Å². The second-order valence-electron chi connectivity index (χ2n) is 5.48. The number of rotatable bonds is 5. The van der Waals surface area contributed by atoms with Gasteiger partial charge in [0, 0.05) is 6.54 Å². The third-order valence-electron chi connectivity index (χ3n) is 4.02. The molecule has 5 heteroatoms. The Morgan fingerprint density at radius 3 is 2.55 bits per heavy atom. The molecule has 1 saturated heterocycles. The van der Waals surface area contributed by atoms with Crippen LogP contribution in [0.2, 0.25) is 5.22 Å². The average molecular weight is 319 g/mol. The molecule has 1 fully saturated rings. The van der Waals surface area contributed by atoms with Crippen molar-refractivity contribution in [3.8, 4) is 0 Å². The number of hydrogen-bond acceptors (Lipinski definition) is 3. The van der Waals surface area contributed by atoms with E-state index in [2.05, 4.69) is 22.3 Å². The molecular formula is C17H19ClN2O2. The van der Waals surface area contributed by atoms with E-state index in [0.717, 1.165) is 13.1 Å². The molecule has 0 spiro atoms. The number of nitrogens with zero attached hydrogens (tertiary/aromatic N) is 1. The first-order chi connectivity index (χ1) is 10.7. The van der Waals surface area contributed by atoms with Crippen LogP contribution in [-0.2, 0) is 0 Å². The van der Waals surface area contributed by atoms with Crippen molar-refractivity contribution in [2.75, 3.05) is 19.6 Å². The summed E-state index contributed by atoms with van der Waals surface area (Å²) in [5.74, 6) is 0.0188. The van der Waals surface area contributed by atoms with E-state index >= 15 is 0 Å². The molecule has 0 aliphatic carbocycles. The van der Waals surface area contributed by atoms with Gasteiger partial charge in [-0.05, 0) is 55.2 Å². The first-order valence-corrected chi connectivity index (χ1v) is 7.94. The van der Waals surface area contributed by atoms with E-state index in [1.54, 1.807) is 12.1 Å². The summed E-state index contributed by atoms with van der Waals surface area (Å²) >= 11 is 5.71. The largest absolute Gasteiger partial charge is 0.440 e. The van der Waals surface area contributed by atoms with Gasteiger partial charge >= 0.3 is 0 Å². The smallest absolute Gasteiger partial charge is 0.287 e. The number of amides is 1. The average Bonchev–Trinajstić information content (AvgIpc) is 3.20. The van der Waals surface area contributed by atoms with E-state index in [9.17, 15) is 4.79 Å². The first kappa shape index (κ1) is 15.1. The molecule has 0 bridgehead atoms. The highest BCUT2D eigenvalue weighted by Gasteiger charge is 2.24. The highest BCUT2D eigenvalue weighted by atomic mass is 35.5. The van der Waals surface area contributed by atoms with Crippen LogP contribution >= 0.6 is 11.6 Å². The summed E-state index contributed by atoms with van der Waals surface area (Å²) in [4.78, 5) is 14.5. The maximum Gasteiger partial charge on any atom is 0.287 e. The molecule has 2 aromatic rings. The van der Waals surface area contributed by atoms with Crippen LogP contribution < -0.4 is 5.32 Å².